The third kappa shape index (κ3) is 5.74. The first-order valence-electron chi connectivity index (χ1n) is 10.2. The molecule has 0 spiro atoms. The molecule has 1 aromatic heterocycles. The average molecular weight is 378 g/mol. The number of quaternary nitrogens is 1. The fraction of sp³-hybridized carbons (Fsp3) is 0.360. The number of aromatic nitrogens is 1. The van der Waals surface area contributed by atoms with Crippen molar-refractivity contribution in [3.05, 3.63) is 89.2 Å². The molecule has 3 rings (SSSR count). The number of hydrogen-bond donors (Lipinski definition) is 1. The van der Waals surface area contributed by atoms with Crippen molar-refractivity contribution in [3.8, 4) is 5.75 Å². The minimum atomic E-state index is 0.654. The number of nitrogens with one attached hydrogen (secondary N) is 1. The summed E-state index contributed by atoms with van der Waals surface area (Å²) in [5.74, 6) is 1.59. The van der Waals surface area contributed by atoms with Gasteiger partial charge in [0, 0.05) is 24.2 Å². The number of aryl methyl sites for hydroxylation is 1. The van der Waals surface area contributed by atoms with E-state index in [0.717, 1.165) is 31.9 Å². The Hall–Kier alpha value is -2.52. The summed E-state index contributed by atoms with van der Waals surface area (Å²) in [6, 6.07) is 21.7. The SMILES string of the molecule is COc1cccc(C[NH+](Cc2cccn2Cc2ccc(C)cc2)CC(C)C)c1. The topological polar surface area (TPSA) is 18.6 Å². The molecular formula is C25H33N2O+. The molecule has 0 aliphatic rings. The summed E-state index contributed by atoms with van der Waals surface area (Å²) in [5.41, 5.74) is 5.37. The number of ether oxygens (including phenoxy) is 1. The van der Waals surface area contributed by atoms with Gasteiger partial charge in [-0.25, -0.2) is 0 Å². The zero-order valence-corrected chi connectivity index (χ0v) is 17.6. The first-order valence-corrected chi connectivity index (χ1v) is 10.2. The molecule has 2 aromatic carbocycles. The Bertz CT molecular complexity index is 864. The second-order valence-corrected chi connectivity index (χ2v) is 8.17. The zero-order valence-electron chi connectivity index (χ0n) is 17.6. The molecule has 0 fully saturated rings. The Balaban J connectivity index is 1.74. The van der Waals surface area contributed by atoms with Crippen LogP contribution in [0.4, 0.5) is 0 Å². The van der Waals surface area contributed by atoms with Crippen molar-refractivity contribution in [3.63, 3.8) is 0 Å². The molecule has 0 radical (unpaired) electrons. The largest absolute Gasteiger partial charge is 0.497 e. The molecule has 0 aliphatic carbocycles. The molecule has 0 bridgehead atoms. The quantitative estimate of drug-likeness (QED) is 0.595. The summed E-state index contributed by atoms with van der Waals surface area (Å²) >= 11 is 0. The fourth-order valence-electron chi connectivity index (χ4n) is 3.77. The van der Waals surface area contributed by atoms with E-state index in [4.69, 9.17) is 4.74 Å². The Labute approximate surface area is 169 Å². The lowest BCUT2D eigenvalue weighted by molar-refractivity contribution is -0.930. The van der Waals surface area contributed by atoms with E-state index in [0.29, 0.717) is 5.92 Å². The van der Waals surface area contributed by atoms with Crippen LogP contribution in [0.25, 0.3) is 0 Å². The van der Waals surface area contributed by atoms with E-state index in [2.05, 4.69) is 86.1 Å². The van der Waals surface area contributed by atoms with Crippen LogP contribution in [0.15, 0.2) is 66.9 Å². The third-order valence-corrected chi connectivity index (χ3v) is 5.11. The van der Waals surface area contributed by atoms with Crippen LogP contribution in [-0.4, -0.2) is 18.2 Å². The smallest absolute Gasteiger partial charge is 0.119 e. The lowest BCUT2D eigenvalue weighted by atomic mass is 10.1. The van der Waals surface area contributed by atoms with Crippen molar-refractivity contribution in [2.75, 3.05) is 13.7 Å². The van der Waals surface area contributed by atoms with Crippen molar-refractivity contribution in [1.82, 2.24) is 4.57 Å². The van der Waals surface area contributed by atoms with E-state index < -0.39 is 0 Å². The normalized spacial score (nSPS) is 12.3. The van der Waals surface area contributed by atoms with Crippen LogP contribution in [0, 0.1) is 12.8 Å². The van der Waals surface area contributed by atoms with Gasteiger partial charge in [0.05, 0.1) is 19.3 Å². The molecule has 148 valence electrons. The van der Waals surface area contributed by atoms with Crippen molar-refractivity contribution in [2.24, 2.45) is 5.92 Å². The van der Waals surface area contributed by atoms with Crippen LogP contribution in [-0.2, 0) is 19.6 Å². The van der Waals surface area contributed by atoms with Crippen LogP contribution in [0.2, 0.25) is 0 Å². The number of methoxy groups -OCH3 is 1. The van der Waals surface area contributed by atoms with E-state index in [1.54, 1.807) is 12.0 Å². The van der Waals surface area contributed by atoms with Crippen molar-refractivity contribution in [2.45, 2.75) is 40.4 Å². The number of nitrogens with zero attached hydrogens (tertiary/aromatic N) is 1. The Morgan fingerprint density at radius 2 is 1.71 bits per heavy atom. The molecule has 3 nitrogen and oxygen atoms in total. The minimum absolute atomic E-state index is 0.654. The molecule has 1 N–H and O–H groups in total. The Morgan fingerprint density at radius 3 is 2.43 bits per heavy atom. The Kier molecular flexibility index (Phi) is 6.94. The van der Waals surface area contributed by atoms with Gasteiger partial charge in [-0.15, -0.1) is 0 Å². The van der Waals surface area contributed by atoms with E-state index in [1.165, 1.54) is 22.4 Å². The van der Waals surface area contributed by atoms with Gasteiger partial charge < -0.3 is 14.2 Å². The molecule has 0 aliphatic heterocycles. The first kappa shape index (κ1) is 20.2. The van der Waals surface area contributed by atoms with Gasteiger partial charge in [-0.05, 0) is 36.8 Å². The maximum atomic E-state index is 5.40. The highest BCUT2D eigenvalue weighted by molar-refractivity contribution is 5.28. The van der Waals surface area contributed by atoms with E-state index >= 15 is 0 Å². The molecular weight excluding hydrogens is 344 g/mol. The summed E-state index contributed by atoms with van der Waals surface area (Å²) < 4.78 is 7.79. The molecule has 0 saturated heterocycles. The van der Waals surface area contributed by atoms with Gasteiger partial charge in [0.15, 0.2) is 0 Å². The molecule has 28 heavy (non-hydrogen) atoms. The predicted molar refractivity (Wildman–Crippen MR) is 116 cm³/mol. The highest BCUT2D eigenvalue weighted by Crippen LogP contribution is 2.12. The molecule has 0 saturated carbocycles. The molecule has 0 amide bonds. The van der Waals surface area contributed by atoms with Gasteiger partial charge >= 0.3 is 0 Å². The molecule has 1 atom stereocenters. The van der Waals surface area contributed by atoms with Gasteiger partial charge in [0.2, 0.25) is 0 Å². The van der Waals surface area contributed by atoms with Gasteiger partial charge in [-0.2, -0.15) is 0 Å². The highest BCUT2D eigenvalue weighted by Gasteiger charge is 2.15. The lowest BCUT2D eigenvalue weighted by Crippen LogP contribution is -3.10. The van der Waals surface area contributed by atoms with Crippen LogP contribution in [0.1, 0.15) is 36.2 Å². The highest BCUT2D eigenvalue weighted by atomic mass is 16.5. The summed E-state index contributed by atoms with van der Waals surface area (Å²) in [6.07, 6.45) is 2.20. The lowest BCUT2D eigenvalue weighted by Gasteiger charge is -2.23. The maximum absolute atomic E-state index is 5.40. The van der Waals surface area contributed by atoms with Gasteiger partial charge in [0.1, 0.15) is 18.8 Å². The monoisotopic (exact) mass is 377 g/mol. The van der Waals surface area contributed by atoms with Crippen molar-refractivity contribution < 1.29 is 9.64 Å². The summed E-state index contributed by atoms with van der Waals surface area (Å²) in [5, 5.41) is 0. The third-order valence-electron chi connectivity index (χ3n) is 5.11. The zero-order chi connectivity index (χ0) is 19.9. The van der Waals surface area contributed by atoms with E-state index in [9.17, 15) is 0 Å². The second-order valence-electron chi connectivity index (χ2n) is 8.17. The predicted octanol–water partition coefficient (Wildman–Crippen LogP) is 4.09. The van der Waals surface area contributed by atoms with Gasteiger partial charge in [-0.3, -0.25) is 0 Å². The second kappa shape index (κ2) is 9.61. The molecule has 1 heterocycles. The van der Waals surface area contributed by atoms with Gasteiger partial charge in [0.25, 0.3) is 0 Å². The summed E-state index contributed by atoms with van der Waals surface area (Å²) in [7, 11) is 1.73. The van der Waals surface area contributed by atoms with E-state index in [1.807, 2.05) is 6.07 Å². The van der Waals surface area contributed by atoms with Crippen molar-refractivity contribution >= 4 is 0 Å². The van der Waals surface area contributed by atoms with Crippen LogP contribution < -0.4 is 9.64 Å². The molecule has 3 heteroatoms. The standard InChI is InChI=1S/C25H32N2O/c1-20(2)16-26(17-23-7-5-9-25(15-23)28-4)19-24-8-6-14-27(24)18-22-12-10-21(3)11-13-22/h5-15,20H,16-19H2,1-4H3/p+1. The first-order chi connectivity index (χ1) is 13.5. The summed E-state index contributed by atoms with van der Waals surface area (Å²) in [6.45, 7) is 10.8. The molecule has 1 unspecified atom stereocenters. The van der Waals surface area contributed by atoms with E-state index in [-0.39, 0.29) is 0 Å². The maximum Gasteiger partial charge on any atom is 0.119 e. The van der Waals surface area contributed by atoms with Gasteiger partial charge in [-0.1, -0.05) is 55.8 Å². The van der Waals surface area contributed by atoms with Crippen LogP contribution in [0.5, 0.6) is 5.75 Å². The Morgan fingerprint density at radius 1 is 0.929 bits per heavy atom. The number of benzene rings is 2. The summed E-state index contributed by atoms with van der Waals surface area (Å²) in [4.78, 5) is 1.58. The number of hydrogen-bond acceptors (Lipinski definition) is 1. The van der Waals surface area contributed by atoms with Crippen molar-refractivity contribution in [1.29, 1.82) is 0 Å². The minimum Gasteiger partial charge on any atom is -0.497 e. The average Bonchev–Trinajstić information content (AvgIpc) is 3.10. The fourth-order valence-corrected chi connectivity index (χ4v) is 3.77. The molecule has 3 aromatic rings. The number of rotatable bonds is 9. The van der Waals surface area contributed by atoms with Crippen LogP contribution in [0.3, 0.4) is 0 Å². The van der Waals surface area contributed by atoms with Crippen LogP contribution >= 0.6 is 0 Å².